The van der Waals surface area contributed by atoms with Crippen LogP contribution in [-0.2, 0) is 5.54 Å². The van der Waals surface area contributed by atoms with Gasteiger partial charge in [-0.05, 0) is 77.2 Å². The molecule has 41 heavy (non-hydrogen) atoms. The monoisotopic (exact) mass is 560 g/mol. The van der Waals surface area contributed by atoms with Crippen LogP contribution in [0.5, 0.6) is 0 Å². The largest absolute Gasteiger partial charge is 0.381 e. The van der Waals surface area contributed by atoms with Crippen LogP contribution in [0, 0.1) is 22.7 Å². The van der Waals surface area contributed by atoms with Gasteiger partial charge < -0.3 is 21.3 Å². The molecule has 4 N–H and O–H groups in total. The number of nitrogens with zero attached hydrogens (tertiary/aromatic N) is 5. The predicted octanol–water partition coefficient (Wildman–Crippen LogP) is 6.12. The number of likely N-dealkylation sites (tertiary alicyclic amines) is 1. The van der Waals surface area contributed by atoms with Gasteiger partial charge in [0.1, 0.15) is 11.4 Å². The Bertz CT molecular complexity index is 1240. The van der Waals surface area contributed by atoms with Gasteiger partial charge in [0.05, 0.1) is 28.9 Å². The molecule has 1 amide bonds. The predicted molar refractivity (Wildman–Crippen MR) is 164 cm³/mol. The Hall–Kier alpha value is -3.12. The summed E-state index contributed by atoms with van der Waals surface area (Å²) in [7, 11) is 2.15. The number of nitrogens with one attached hydrogen (secondary N) is 2. The van der Waals surface area contributed by atoms with E-state index in [1.54, 1.807) is 6.20 Å². The highest BCUT2D eigenvalue weighted by Crippen LogP contribution is 2.51. The summed E-state index contributed by atoms with van der Waals surface area (Å²) in [5, 5.41) is 21.8. The van der Waals surface area contributed by atoms with Crippen LogP contribution >= 0.6 is 0 Å². The van der Waals surface area contributed by atoms with E-state index in [-0.39, 0.29) is 23.2 Å². The zero-order valence-corrected chi connectivity index (χ0v) is 25.2. The Balaban J connectivity index is 1.50. The zero-order valence-electron chi connectivity index (χ0n) is 25.2. The summed E-state index contributed by atoms with van der Waals surface area (Å²) in [5.74, 6) is 1.08. The lowest BCUT2D eigenvalue weighted by Crippen LogP contribution is -2.54. The quantitative estimate of drug-likeness (QED) is 0.411. The van der Waals surface area contributed by atoms with Crippen molar-refractivity contribution in [3.63, 3.8) is 0 Å². The number of hydrogen-bond donors (Lipinski definition) is 3. The van der Waals surface area contributed by atoms with Crippen molar-refractivity contribution in [2.45, 2.75) is 102 Å². The van der Waals surface area contributed by atoms with Gasteiger partial charge in [-0.15, -0.1) is 0 Å². The van der Waals surface area contributed by atoms with Gasteiger partial charge in [0, 0.05) is 18.7 Å². The van der Waals surface area contributed by atoms with Crippen molar-refractivity contribution in [1.82, 2.24) is 19.7 Å². The van der Waals surface area contributed by atoms with E-state index in [0.717, 1.165) is 62.9 Å². The molecule has 1 atom stereocenters. The third kappa shape index (κ3) is 5.94. The fourth-order valence-electron chi connectivity index (χ4n) is 7.66. The number of carbonyl (C=O) groups excluding carboxylic acids is 1. The number of nitrogen functional groups attached to an aromatic ring is 1. The number of amides is 1. The molecule has 1 saturated carbocycles. The molecule has 2 fully saturated rings. The Labute approximate surface area is 245 Å². The molecular formula is C32H48N8O. The number of fused-ring (bicyclic) bond motifs is 2. The molecule has 0 bridgehead atoms. The number of pyridine rings is 1. The first-order chi connectivity index (χ1) is 19.8. The molecule has 2 aromatic rings. The molecular weight excluding hydrogens is 512 g/mol. The van der Waals surface area contributed by atoms with Gasteiger partial charge >= 0.3 is 0 Å². The van der Waals surface area contributed by atoms with E-state index in [1.165, 1.54) is 38.5 Å². The van der Waals surface area contributed by atoms with E-state index in [4.69, 9.17) is 10.8 Å². The minimum atomic E-state index is -0.563. The maximum absolute atomic E-state index is 14.0. The molecule has 5 rings (SSSR count). The maximum Gasteiger partial charge on any atom is 0.263 e. The van der Waals surface area contributed by atoms with Crippen LogP contribution in [0.4, 0.5) is 17.3 Å². The van der Waals surface area contributed by atoms with Crippen molar-refractivity contribution < 1.29 is 4.79 Å². The van der Waals surface area contributed by atoms with Crippen LogP contribution in [0.15, 0.2) is 18.5 Å². The third-order valence-corrected chi connectivity index (χ3v) is 10.1. The highest BCUT2D eigenvalue weighted by Gasteiger charge is 2.52. The van der Waals surface area contributed by atoms with Crippen molar-refractivity contribution in [2.75, 3.05) is 43.0 Å². The van der Waals surface area contributed by atoms with Crippen LogP contribution in [0.3, 0.4) is 0 Å². The smallest absolute Gasteiger partial charge is 0.263 e. The SMILES string of the molecule is CN1CCC(c2ccncc2NC(=O)c2c(N)nn3c2NCC(C(C)(C)C#N)C32CCCCCCCCCC2)CC1. The van der Waals surface area contributed by atoms with Gasteiger partial charge in [0.25, 0.3) is 5.91 Å². The van der Waals surface area contributed by atoms with Gasteiger partial charge in [-0.25, -0.2) is 4.68 Å². The molecule has 0 aromatic carbocycles. The number of nitriles is 1. The third-order valence-electron chi connectivity index (χ3n) is 10.1. The van der Waals surface area contributed by atoms with E-state index in [2.05, 4.69) is 33.6 Å². The van der Waals surface area contributed by atoms with Crippen LogP contribution in [0.25, 0.3) is 0 Å². The Morgan fingerprint density at radius 3 is 2.39 bits per heavy atom. The lowest BCUT2D eigenvalue weighted by Gasteiger charge is -2.50. The summed E-state index contributed by atoms with van der Waals surface area (Å²) in [6.07, 6.45) is 17.1. The molecule has 2 aliphatic heterocycles. The van der Waals surface area contributed by atoms with Gasteiger partial charge in [0.2, 0.25) is 0 Å². The average molecular weight is 561 g/mol. The van der Waals surface area contributed by atoms with Crippen molar-refractivity contribution in [3.8, 4) is 6.07 Å². The molecule has 1 saturated heterocycles. The second-order valence-corrected chi connectivity index (χ2v) is 13.2. The maximum atomic E-state index is 14.0. The summed E-state index contributed by atoms with van der Waals surface area (Å²) >= 11 is 0. The van der Waals surface area contributed by atoms with Crippen molar-refractivity contribution in [1.29, 1.82) is 5.26 Å². The summed E-state index contributed by atoms with van der Waals surface area (Å²) in [6.45, 7) is 6.78. The first kappa shape index (κ1) is 29.4. The average Bonchev–Trinajstić information content (AvgIpc) is 3.29. The van der Waals surface area contributed by atoms with Gasteiger partial charge in [-0.1, -0.05) is 51.4 Å². The fourth-order valence-corrected chi connectivity index (χ4v) is 7.66. The molecule has 4 heterocycles. The Kier molecular flexibility index (Phi) is 8.88. The van der Waals surface area contributed by atoms with Crippen molar-refractivity contribution >= 4 is 23.2 Å². The van der Waals surface area contributed by atoms with Crippen LogP contribution < -0.4 is 16.4 Å². The molecule has 222 valence electrons. The van der Waals surface area contributed by atoms with Crippen LogP contribution in [-0.4, -0.2) is 52.3 Å². The molecule has 1 aliphatic carbocycles. The Morgan fingerprint density at radius 1 is 1.12 bits per heavy atom. The van der Waals surface area contributed by atoms with E-state index in [0.29, 0.717) is 23.8 Å². The number of rotatable bonds is 4. The summed E-state index contributed by atoms with van der Waals surface area (Å²) in [5.41, 5.74) is 7.92. The molecule has 2 aromatic heterocycles. The second kappa shape index (κ2) is 12.4. The number of piperidine rings is 1. The van der Waals surface area contributed by atoms with E-state index in [1.807, 2.05) is 30.8 Å². The Morgan fingerprint density at radius 2 is 1.76 bits per heavy atom. The van der Waals surface area contributed by atoms with Gasteiger partial charge in [0.15, 0.2) is 5.82 Å². The molecule has 0 radical (unpaired) electrons. The number of nitrogens with two attached hydrogens (primary N) is 1. The minimum Gasteiger partial charge on any atom is -0.381 e. The zero-order chi connectivity index (χ0) is 29.0. The van der Waals surface area contributed by atoms with E-state index in [9.17, 15) is 10.1 Å². The molecule has 9 heteroatoms. The lowest BCUT2D eigenvalue weighted by molar-refractivity contribution is 0.0508. The van der Waals surface area contributed by atoms with Gasteiger partial charge in [-0.3, -0.25) is 9.78 Å². The highest BCUT2D eigenvalue weighted by molar-refractivity contribution is 6.11. The van der Waals surface area contributed by atoms with Crippen LogP contribution in [0.2, 0.25) is 0 Å². The fraction of sp³-hybridized carbons (Fsp3) is 0.688. The number of hydrogen-bond acceptors (Lipinski definition) is 7. The normalized spacial score (nSPS) is 22.6. The number of carbonyl (C=O) groups is 1. The summed E-state index contributed by atoms with van der Waals surface area (Å²) in [4.78, 5) is 20.6. The van der Waals surface area contributed by atoms with E-state index >= 15 is 0 Å². The second-order valence-electron chi connectivity index (χ2n) is 13.2. The van der Waals surface area contributed by atoms with Gasteiger partial charge in [-0.2, -0.15) is 10.4 Å². The molecule has 3 aliphatic rings. The summed E-state index contributed by atoms with van der Waals surface area (Å²) < 4.78 is 2.03. The minimum absolute atomic E-state index is 0.0397. The summed E-state index contributed by atoms with van der Waals surface area (Å²) in [6, 6.07) is 4.64. The lowest BCUT2D eigenvalue weighted by atomic mass is 9.64. The van der Waals surface area contributed by atoms with Crippen molar-refractivity contribution in [3.05, 3.63) is 29.6 Å². The number of anilines is 3. The molecule has 1 unspecified atom stereocenters. The van der Waals surface area contributed by atoms with Crippen molar-refractivity contribution in [2.24, 2.45) is 11.3 Å². The topological polar surface area (TPSA) is 125 Å². The highest BCUT2D eigenvalue weighted by atomic mass is 16.1. The number of aromatic nitrogens is 3. The molecule has 1 spiro atoms. The first-order valence-electron chi connectivity index (χ1n) is 15.7. The first-order valence-corrected chi connectivity index (χ1v) is 15.7. The molecule has 9 nitrogen and oxygen atoms in total. The van der Waals surface area contributed by atoms with E-state index < -0.39 is 5.41 Å². The standard InChI is InChI=1S/C32H48N8O/c1-31(2,22-33)26-21-36-29-27(28(34)38-40(29)32(26)15-10-8-6-4-5-7-9-11-16-32)30(41)37-25-20-35-17-12-24(25)23-13-18-39(3)19-14-23/h12,17,20,23,26,36H,4-11,13-16,18-19,21H2,1-3H3,(H2,34,38)(H,37,41). The van der Waals surface area contributed by atoms with Crippen LogP contribution in [0.1, 0.15) is 113 Å².